The molecule has 0 radical (unpaired) electrons. The number of unbranched alkanes of at least 4 members (excludes halogenated alkanes) is 11. The number of carbonyl (C=O) groups excluding carboxylic acids is 2. The van der Waals surface area contributed by atoms with Crippen LogP contribution in [-0.4, -0.2) is 40.3 Å². The smallest absolute Gasteiger partial charge is 0.358 e. The molecule has 0 aliphatic rings. The normalized spacial score (nSPS) is 14.9. The van der Waals surface area contributed by atoms with Gasteiger partial charge >= 0.3 is 19.4 Å². The van der Waals surface area contributed by atoms with Crippen LogP contribution in [0.3, 0.4) is 0 Å². The Morgan fingerprint density at radius 2 is 1.34 bits per heavy atom. The van der Waals surface area contributed by atoms with Gasteiger partial charge in [-0.25, -0.2) is 0 Å². The van der Waals surface area contributed by atoms with Gasteiger partial charge in [0.2, 0.25) is 5.60 Å². The van der Waals surface area contributed by atoms with Gasteiger partial charge in [-0.2, -0.15) is 22.0 Å². The summed E-state index contributed by atoms with van der Waals surface area (Å²) in [6, 6.07) is 5.63. The zero-order valence-corrected chi connectivity index (χ0v) is 26.7. The molecule has 0 saturated heterocycles. The third-order valence-corrected chi connectivity index (χ3v) is 8.75. The molecule has 1 aromatic carbocycles. The molecule has 0 saturated carbocycles. The van der Waals surface area contributed by atoms with Crippen molar-refractivity contribution in [3.05, 3.63) is 48.0 Å². The van der Waals surface area contributed by atoms with E-state index in [0.29, 0.717) is 20.0 Å². The van der Waals surface area contributed by atoms with Crippen LogP contribution in [0.2, 0.25) is 0 Å². The van der Waals surface area contributed by atoms with Crippen LogP contribution in [0.1, 0.15) is 115 Å². The lowest BCUT2D eigenvalue weighted by molar-refractivity contribution is -0.267. The standard InChI is InChI=1S/C32H48F5O6P/c1-3-4-5-6-7-8-9-10-11-12-13-14-15-16-20-23-28(38)24-26(25-30(33,34)44(40,41)42)29(39)31(43-2,32(35,36)37)27-21-18-17-19-22-27/h10-11,17-19,21-22,26H,3-9,12-16,20,23-25H2,1-2H3,(H2,40,41,42)/b11-10-/t26-,31-/m0/s1. The number of halogens is 5. The van der Waals surface area contributed by atoms with Crippen molar-refractivity contribution in [1.29, 1.82) is 0 Å². The van der Waals surface area contributed by atoms with Gasteiger partial charge < -0.3 is 14.5 Å². The van der Waals surface area contributed by atoms with Crippen LogP contribution < -0.4 is 0 Å². The first kappa shape index (κ1) is 40.1. The molecule has 1 rings (SSSR count). The quantitative estimate of drug-likeness (QED) is 0.0499. The maximum atomic E-state index is 14.4. The van der Waals surface area contributed by atoms with Gasteiger partial charge in [0.15, 0.2) is 5.78 Å². The van der Waals surface area contributed by atoms with Gasteiger partial charge in [-0.15, -0.1) is 0 Å². The van der Waals surface area contributed by atoms with Gasteiger partial charge in [-0.3, -0.25) is 14.2 Å². The number of hydrogen-bond acceptors (Lipinski definition) is 4. The fourth-order valence-electron chi connectivity index (χ4n) is 5.18. The highest BCUT2D eigenvalue weighted by atomic mass is 31.2. The van der Waals surface area contributed by atoms with Gasteiger partial charge in [0, 0.05) is 37.9 Å². The van der Waals surface area contributed by atoms with E-state index in [9.17, 15) is 36.1 Å². The predicted octanol–water partition coefficient (Wildman–Crippen LogP) is 9.43. The number of benzene rings is 1. The Labute approximate surface area is 258 Å². The van der Waals surface area contributed by atoms with Crippen LogP contribution in [0.15, 0.2) is 42.5 Å². The summed E-state index contributed by atoms with van der Waals surface area (Å²) in [7, 11) is -5.57. The van der Waals surface area contributed by atoms with Crippen molar-refractivity contribution in [2.45, 2.75) is 127 Å². The summed E-state index contributed by atoms with van der Waals surface area (Å²) >= 11 is 0. The Morgan fingerprint density at radius 3 is 1.82 bits per heavy atom. The number of alkyl halides is 5. The van der Waals surface area contributed by atoms with Gasteiger partial charge in [0.05, 0.1) is 0 Å². The van der Waals surface area contributed by atoms with E-state index >= 15 is 0 Å². The topological polar surface area (TPSA) is 101 Å². The molecule has 12 heteroatoms. The average molecular weight is 655 g/mol. The van der Waals surface area contributed by atoms with E-state index in [0.717, 1.165) is 44.2 Å². The monoisotopic (exact) mass is 654 g/mol. The summed E-state index contributed by atoms with van der Waals surface area (Å²) in [5.41, 5.74) is -9.25. The number of methoxy groups -OCH3 is 1. The molecule has 0 amide bonds. The van der Waals surface area contributed by atoms with Gasteiger partial charge in [-0.1, -0.05) is 101 Å². The average Bonchev–Trinajstić information content (AvgIpc) is 2.94. The molecule has 2 atom stereocenters. The number of rotatable bonds is 24. The van der Waals surface area contributed by atoms with E-state index in [1.54, 1.807) is 0 Å². The SMILES string of the molecule is CCCCCCCC/C=C\CCCCCCCC(=O)C[C@@H](CC(F)(F)P(=O)(O)O)C(=O)[C@@](OC)(c1ccccc1)C(F)(F)F. The number of ether oxygens (including phenoxy) is 1. The summed E-state index contributed by atoms with van der Waals surface area (Å²) in [4.78, 5) is 44.3. The minimum Gasteiger partial charge on any atom is -0.358 e. The van der Waals surface area contributed by atoms with E-state index in [1.165, 1.54) is 56.7 Å². The minimum absolute atomic E-state index is 0.166. The lowest BCUT2D eigenvalue weighted by atomic mass is 9.78. The fourth-order valence-corrected chi connectivity index (χ4v) is 5.64. The van der Waals surface area contributed by atoms with Gasteiger partial charge in [0.1, 0.15) is 5.78 Å². The summed E-state index contributed by atoms with van der Waals surface area (Å²) in [5.74, 6) is -5.03. The van der Waals surface area contributed by atoms with Crippen LogP contribution in [0.25, 0.3) is 0 Å². The van der Waals surface area contributed by atoms with Crippen LogP contribution in [0.5, 0.6) is 0 Å². The summed E-state index contributed by atoms with van der Waals surface area (Å²) in [6.45, 7) is 2.19. The molecule has 2 N–H and O–H groups in total. The molecule has 252 valence electrons. The third-order valence-electron chi connectivity index (χ3n) is 7.71. The maximum Gasteiger partial charge on any atom is 0.428 e. The highest BCUT2D eigenvalue weighted by Crippen LogP contribution is 2.57. The summed E-state index contributed by atoms with van der Waals surface area (Å²) in [5, 5.41) is 0. The largest absolute Gasteiger partial charge is 0.428 e. The zero-order chi connectivity index (χ0) is 33.3. The first-order valence-corrected chi connectivity index (χ1v) is 17.1. The molecule has 0 heterocycles. The van der Waals surface area contributed by atoms with Crippen LogP contribution in [-0.2, 0) is 24.5 Å². The van der Waals surface area contributed by atoms with E-state index in [-0.39, 0.29) is 6.42 Å². The van der Waals surface area contributed by atoms with Crippen molar-refractivity contribution >= 4 is 19.2 Å². The summed E-state index contributed by atoms with van der Waals surface area (Å²) in [6.07, 6.45) is 8.94. The zero-order valence-electron chi connectivity index (χ0n) is 25.8. The van der Waals surface area contributed by atoms with Crippen LogP contribution in [0, 0.1) is 5.92 Å². The second-order valence-corrected chi connectivity index (χ2v) is 13.0. The Balaban J connectivity index is 2.75. The molecular weight excluding hydrogens is 606 g/mol. The Bertz CT molecular complexity index is 1060. The van der Waals surface area contributed by atoms with Crippen molar-refractivity contribution < 1.29 is 50.6 Å². The Morgan fingerprint density at radius 1 is 0.841 bits per heavy atom. The lowest BCUT2D eigenvalue weighted by Crippen LogP contribution is -2.54. The van der Waals surface area contributed by atoms with Gasteiger partial charge in [-0.05, 0) is 32.1 Å². The van der Waals surface area contributed by atoms with Crippen molar-refractivity contribution in [2.24, 2.45) is 5.92 Å². The molecule has 1 aromatic rings. The number of Topliss-reactive ketones (excluding diaryl/α,β-unsaturated/α-hetero) is 2. The van der Waals surface area contributed by atoms with E-state index in [1.807, 2.05) is 0 Å². The molecular formula is C32H48F5O6P. The molecule has 0 aliphatic heterocycles. The molecule has 6 nitrogen and oxygen atoms in total. The first-order chi connectivity index (χ1) is 20.6. The molecule has 44 heavy (non-hydrogen) atoms. The van der Waals surface area contributed by atoms with Crippen molar-refractivity contribution in [2.75, 3.05) is 7.11 Å². The van der Waals surface area contributed by atoms with Crippen LogP contribution in [0.4, 0.5) is 22.0 Å². The Kier molecular flexibility index (Phi) is 17.8. The molecule has 0 aliphatic carbocycles. The molecule has 0 aromatic heterocycles. The fraction of sp³-hybridized carbons (Fsp3) is 0.688. The molecule has 0 bridgehead atoms. The number of carbonyl (C=O) groups is 2. The first-order valence-electron chi connectivity index (χ1n) is 15.5. The second kappa shape index (κ2) is 19.5. The van der Waals surface area contributed by atoms with E-state index in [2.05, 4.69) is 23.8 Å². The predicted molar refractivity (Wildman–Crippen MR) is 160 cm³/mol. The maximum absolute atomic E-state index is 14.4. The van der Waals surface area contributed by atoms with E-state index in [4.69, 9.17) is 9.79 Å². The second-order valence-electron chi connectivity index (χ2n) is 11.3. The van der Waals surface area contributed by atoms with Crippen molar-refractivity contribution in [1.82, 2.24) is 0 Å². The van der Waals surface area contributed by atoms with E-state index < -0.39 is 60.9 Å². The highest BCUT2D eigenvalue weighted by Gasteiger charge is 2.64. The minimum atomic E-state index is -6.16. The highest BCUT2D eigenvalue weighted by molar-refractivity contribution is 7.53. The van der Waals surface area contributed by atoms with Crippen molar-refractivity contribution in [3.63, 3.8) is 0 Å². The van der Waals surface area contributed by atoms with Crippen molar-refractivity contribution in [3.8, 4) is 0 Å². The molecule has 0 fully saturated rings. The van der Waals surface area contributed by atoms with Crippen LogP contribution >= 0.6 is 7.60 Å². The Hall–Kier alpha value is -1.94. The van der Waals surface area contributed by atoms with Gasteiger partial charge in [0.25, 0.3) is 0 Å². The number of ketones is 2. The lowest BCUT2D eigenvalue weighted by Gasteiger charge is -2.36. The summed E-state index contributed by atoms with van der Waals surface area (Å²) < 4.78 is 88.1. The third kappa shape index (κ3) is 12.8. The number of allylic oxidation sites excluding steroid dienone is 2. The number of hydrogen-bond donors (Lipinski definition) is 2. The molecule has 0 spiro atoms. The molecule has 0 unspecified atom stereocenters.